The SMILES string of the molecule is CSCCC(NC(=O)c1ccc(S(=O)(=O)NCCN2CCOCC2)cc1-c1ccccc1C)C(=O)[O-].[Li+]. The van der Waals surface area contributed by atoms with Gasteiger partial charge < -0.3 is 20.0 Å². The zero-order valence-corrected chi connectivity index (χ0v) is 23.1. The summed E-state index contributed by atoms with van der Waals surface area (Å²) in [5.74, 6) is -1.43. The molecule has 1 aliphatic heterocycles. The van der Waals surface area contributed by atoms with Gasteiger partial charge in [0.2, 0.25) is 10.0 Å². The van der Waals surface area contributed by atoms with Gasteiger partial charge in [-0.15, -0.1) is 0 Å². The molecule has 3 rings (SSSR count). The molecule has 0 saturated carbocycles. The van der Waals surface area contributed by atoms with Crippen LogP contribution in [0.5, 0.6) is 0 Å². The van der Waals surface area contributed by atoms with Crippen molar-refractivity contribution in [3.8, 4) is 11.1 Å². The molecule has 0 aromatic heterocycles. The number of carboxylic acid groups (broad SMARTS) is 1. The normalized spacial score (nSPS) is 15.0. The van der Waals surface area contributed by atoms with Crippen LogP contribution in [-0.4, -0.2) is 82.6 Å². The number of carbonyl (C=O) groups is 2. The number of carbonyl (C=O) groups excluding carboxylic acids is 2. The molecule has 0 bridgehead atoms. The number of sulfonamides is 1. The first-order valence-corrected chi connectivity index (χ1v) is 14.6. The van der Waals surface area contributed by atoms with Gasteiger partial charge in [-0.3, -0.25) is 9.69 Å². The monoisotopic (exact) mass is 541 g/mol. The van der Waals surface area contributed by atoms with Gasteiger partial charge >= 0.3 is 18.9 Å². The van der Waals surface area contributed by atoms with Crippen molar-refractivity contribution in [3.63, 3.8) is 0 Å². The Morgan fingerprint density at radius 2 is 1.84 bits per heavy atom. The van der Waals surface area contributed by atoms with Crippen LogP contribution in [0, 0.1) is 6.92 Å². The number of benzene rings is 2. The average molecular weight is 542 g/mol. The number of thioether (sulfide) groups is 1. The number of hydrogen-bond acceptors (Lipinski definition) is 8. The zero-order valence-electron chi connectivity index (χ0n) is 21.5. The Morgan fingerprint density at radius 3 is 2.49 bits per heavy atom. The fraction of sp³-hybridized carbons (Fsp3) is 0.440. The van der Waals surface area contributed by atoms with Crippen molar-refractivity contribution in [2.75, 3.05) is 51.4 Å². The number of aliphatic carboxylic acids is 1. The molecule has 1 atom stereocenters. The molecule has 9 nitrogen and oxygen atoms in total. The smallest absolute Gasteiger partial charge is 0.548 e. The van der Waals surface area contributed by atoms with Crippen LogP contribution in [0.2, 0.25) is 0 Å². The van der Waals surface area contributed by atoms with Gasteiger partial charge in [-0.2, -0.15) is 11.8 Å². The molecular weight excluding hydrogens is 509 g/mol. The van der Waals surface area contributed by atoms with E-state index in [1.54, 1.807) is 12.1 Å². The minimum absolute atomic E-state index is 0. The number of amides is 1. The quantitative estimate of drug-likeness (QED) is 0.292. The summed E-state index contributed by atoms with van der Waals surface area (Å²) in [5.41, 5.74) is 2.12. The fourth-order valence-electron chi connectivity index (χ4n) is 3.95. The maximum absolute atomic E-state index is 13.1. The van der Waals surface area contributed by atoms with Crippen LogP contribution in [0.4, 0.5) is 0 Å². The van der Waals surface area contributed by atoms with E-state index in [2.05, 4.69) is 14.9 Å². The third-order valence-electron chi connectivity index (χ3n) is 6.01. The minimum Gasteiger partial charge on any atom is -0.548 e. The summed E-state index contributed by atoms with van der Waals surface area (Å²) >= 11 is 1.47. The maximum atomic E-state index is 13.1. The molecule has 1 fully saturated rings. The number of hydrogen-bond donors (Lipinski definition) is 2. The van der Waals surface area contributed by atoms with Crippen molar-refractivity contribution in [1.29, 1.82) is 0 Å². The fourth-order valence-corrected chi connectivity index (χ4v) is 5.47. The maximum Gasteiger partial charge on any atom is 1.00 e. The molecule has 2 aromatic rings. The van der Waals surface area contributed by atoms with Crippen LogP contribution in [0.25, 0.3) is 11.1 Å². The van der Waals surface area contributed by atoms with E-state index in [4.69, 9.17) is 4.74 Å². The van der Waals surface area contributed by atoms with Crippen molar-refractivity contribution in [3.05, 3.63) is 53.6 Å². The van der Waals surface area contributed by atoms with Crippen molar-refractivity contribution >= 4 is 33.7 Å². The number of nitrogens with one attached hydrogen (secondary N) is 2. The van der Waals surface area contributed by atoms with E-state index in [9.17, 15) is 23.1 Å². The summed E-state index contributed by atoms with van der Waals surface area (Å²) in [6.07, 6.45) is 2.06. The number of ether oxygens (including phenoxy) is 1. The van der Waals surface area contributed by atoms with Crippen molar-refractivity contribution in [2.45, 2.75) is 24.3 Å². The van der Waals surface area contributed by atoms with E-state index in [-0.39, 0.29) is 42.3 Å². The third kappa shape index (κ3) is 8.86. The Labute approximate surface area is 234 Å². The molecule has 0 aliphatic carbocycles. The van der Waals surface area contributed by atoms with Gasteiger partial charge in [-0.25, -0.2) is 13.1 Å². The first-order valence-electron chi connectivity index (χ1n) is 11.7. The van der Waals surface area contributed by atoms with Gasteiger partial charge in [-0.1, -0.05) is 24.3 Å². The Morgan fingerprint density at radius 1 is 1.14 bits per heavy atom. The second-order valence-electron chi connectivity index (χ2n) is 8.50. The Balaban J connectivity index is 0.00000481. The molecule has 1 unspecified atom stereocenters. The second kappa shape index (κ2) is 14.9. The first kappa shape index (κ1) is 31.4. The largest absolute Gasteiger partial charge is 1.00 e. The molecule has 196 valence electrons. The number of carboxylic acids is 1. The standard InChI is InChI=1S/C25H33N3O6S2.Li/c1-18-5-3-4-6-20(18)22-17-19(36(32,33)26-10-11-28-12-14-34-15-13-28)7-8-21(22)24(29)27-23(25(30)31)9-16-35-2;/h3-8,17,23,26H,9-16H2,1-2H3,(H,27,29)(H,30,31);/q;+1/p-1. The number of nitrogens with zero attached hydrogens (tertiary/aromatic N) is 1. The summed E-state index contributed by atoms with van der Waals surface area (Å²) in [5, 5.41) is 14.1. The molecule has 1 saturated heterocycles. The third-order valence-corrected chi connectivity index (χ3v) is 8.11. The van der Waals surface area contributed by atoms with E-state index in [1.807, 2.05) is 25.3 Å². The number of aryl methyl sites for hydroxylation is 1. The minimum atomic E-state index is -3.84. The predicted molar refractivity (Wildman–Crippen MR) is 138 cm³/mol. The van der Waals surface area contributed by atoms with Crippen molar-refractivity contribution in [2.24, 2.45) is 0 Å². The van der Waals surface area contributed by atoms with Gasteiger partial charge in [0, 0.05) is 31.7 Å². The van der Waals surface area contributed by atoms with Gasteiger partial charge in [0.05, 0.1) is 30.1 Å². The van der Waals surface area contributed by atoms with E-state index < -0.39 is 27.9 Å². The molecule has 1 heterocycles. The van der Waals surface area contributed by atoms with Crippen molar-refractivity contribution in [1.82, 2.24) is 14.9 Å². The molecular formula is C25H32LiN3O6S2. The summed E-state index contributed by atoms with van der Waals surface area (Å²) < 4.78 is 34.1. The average Bonchev–Trinajstić information content (AvgIpc) is 2.86. The molecule has 0 radical (unpaired) electrons. The predicted octanol–water partition coefficient (Wildman–Crippen LogP) is -2.12. The van der Waals surface area contributed by atoms with E-state index in [0.717, 1.165) is 18.7 Å². The molecule has 1 aliphatic rings. The summed E-state index contributed by atoms with van der Waals surface area (Å²) in [7, 11) is -3.84. The molecule has 37 heavy (non-hydrogen) atoms. The van der Waals surface area contributed by atoms with Gasteiger partial charge in [0.25, 0.3) is 5.91 Å². The topological polar surface area (TPSA) is 128 Å². The van der Waals surface area contributed by atoms with Gasteiger partial charge in [-0.05, 0) is 60.2 Å². The van der Waals surface area contributed by atoms with Crippen LogP contribution in [0.3, 0.4) is 0 Å². The Kier molecular flexibility index (Phi) is 12.7. The van der Waals surface area contributed by atoms with E-state index in [0.29, 0.717) is 36.6 Å². The zero-order chi connectivity index (χ0) is 26.1. The van der Waals surface area contributed by atoms with Crippen LogP contribution in [-0.2, 0) is 19.6 Å². The molecule has 1 amide bonds. The number of morpholine rings is 1. The van der Waals surface area contributed by atoms with Gasteiger partial charge in [0.1, 0.15) is 0 Å². The van der Waals surface area contributed by atoms with Gasteiger partial charge in [0.15, 0.2) is 0 Å². The number of rotatable bonds is 12. The Hall–Kier alpha value is -1.84. The van der Waals surface area contributed by atoms with Crippen molar-refractivity contribution < 1.29 is 46.7 Å². The second-order valence-corrected chi connectivity index (χ2v) is 11.3. The van der Waals surface area contributed by atoms with Crippen LogP contribution >= 0.6 is 11.8 Å². The van der Waals surface area contributed by atoms with Crippen LogP contribution < -0.4 is 34.0 Å². The first-order chi connectivity index (χ1) is 17.2. The van der Waals surface area contributed by atoms with Crippen LogP contribution in [0.1, 0.15) is 22.3 Å². The van der Waals surface area contributed by atoms with E-state index in [1.165, 1.54) is 30.0 Å². The Bertz CT molecular complexity index is 1170. The van der Waals surface area contributed by atoms with E-state index >= 15 is 0 Å². The molecule has 2 aromatic carbocycles. The summed E-state index contributed by atoms with van der Waals surface area (Å²) in [6, 6.07) is 10.4. The molecule has 12 heteroatoms. The molecule has 0 spiro atoms. The van der Waals surface area contributed by atoms with Crippen LogP contribution in [0.15, 0.2) is 47.4 Å². The summed E-state index contributed by atoms with van der Waals surface area (Å²) in [6.45, 7) is 5.44. The summed E-state index contributed by atoms with van der Waals surface area (Å²) in [4.78, 5) is 26.8. The molecule has 2 N–H and O–H groups in total.